The molecule has 2 N–H and O–H groups in total. The van der Waals surface area contributed by atoms with Crippen molar-refractivity contribution < 1.29 is 19.1 Å². The molecule has 4 atom stereocenters. The summed E-state index contributed by atoms with van der Waals surface area (Å²) in [6.07, 6.45) is 4.22. The van der Waals surface area contributed by atoms with Gasteiger partial charge in [0.2, 0.25) is 5.91 Å². The maximum atomic E-state index is 13.2. The molecule has 1 aliphatic rings. The molecule has 1 heterocycles. The van der Waals surface area contributed by atoms with E-state index in [0.717, 1.165) is 12.6 Å². The van der Waals surface area contributed by atoms with Crippen LogP contribution in [0.25, 0.3) is 0 Å². The summed E-state index contributed by atoms with van der Waals surface area (Å²) < 4.78 is 4.88. The molecule has 1 rings (SSSR count). The van der Waals surface area contributed by atoms with Gasteiger partial charge in [-0.1, -0.05) is 40.2 Å². The van der Waals surface area contributed by atoms with Gasteiger partial charge in [0, 0.05) is 12.5 Å². The number of carbonyl (C=O) groups excluding carboxylic acids is 3. The van der Waals surface area contributed by atoms with E-state index in [0.29, 0.717) is 21.7 Å². The smallest absolute Gasteiger partial charge is 0.329 e. The van der Waals surface area contributed by atoms with E-state index in [2.05, 4.69) is 17.0 Å². The van der Waals surface area contributed by atoms with Gasteiger partial charge in [-0.25, -0.2) is 9.59 Å². The first-order valence-corrected chi connectivity index (χ1v) is 10.2. The zero-order valence-corrected chi connectivity index (χ0v) is 17.4. The molecule has 0 aromatic heterocycles. The minimum absolute atomic E-state index is 0.146. The van der Waals surface area contributed by atoms with Gasteiger partial charge in [0.1, 0.15) is 12.1 Å². The molecule has 8 heteroatoms. The van der Waals surface area contributed by atoms with E-state index < -0.39 is 23.5 Å². The Morgan fingerprint density at radius 1 is 1.38 bits per heavy atom. The van der Waals surface area contributed by atoms with Gasteiger partial charge in [0.25, 0.3) is 0 Å². The summed E-state index contributed by atoms with van der Waals surface area (Å²) >= 11 is 0. The van der Waals surface area contributed by atoms with Crippen molar-refractivity contribution in [3.05, 3.63) is 12.7 Å². The molecule has 0 aliphatic carbocycles. The fraction of sp³-hybridized carbons (Fsp3) is 0.722. The van der Waals surface area contributed by atoms with Crippen LogP contribution >= 0.6 is 8.73 Å². The number of carbonyl (C=O) groups is 3. The first kappa shape index (κ1) is 22.4. The highest BCUT2D eigenvalue weighted by Crippen LogP contribution is 2.30. The zero-order valence-electron chi connectivity index (χ0n) is 16.4. The largest absolute Gasteiger partial charge is 0.467 e. The second-order valence-electron chi connectivity index (χ2n) is 7.51. The summed E-state index contributed by atoms with van der Waals surface area (Å²) in [4.78, 5) is 39.1. The lowest BCUT2D eigenvalue weighted by molar-refractivity contribution is -0.153. The van der Waals surface area contributed by atoms with Crippen LogP contribution in [0.2, 0.25) is 0 Å². The lowest BCUT2D eigenvalue weighted by Gasteiger charge is -2.35. The lowest BCUT2D eigenvalue weighted by Crippen LogP contribution is -2.58. The Labute approximate surface area is 158 Å². The van der Waals surface area contributed by atoms with E-state index in [1.54, 1.807) is 6.08 Å². The van der Waals surface area contributed by atoms with Gasteiger partial charge in [-0.2, -0.15) is 0 Å². The fourth-order valence-corrected chi connectivity index (χ4v) is 3.59. The molecule has 0 bridgehead atoms. The number of hydrogen-bond donors (Lipinski definition) is 2. The quantitative estimate of drug-likeness (QED) is 0.305. The predicted octanol–water partition coefficient (Wildman–Crippen LogP) is 2.28. The van der Waals surface area contributed by atoms with Crippen molar-refractivity contribution in [2.45, 2.75) is 52.6 Å². The maximum Gasteiger partial charge on any atom is 0.329 e. The Kier molecular flexibility index (Phi) is 8.54. The molecule has 26 heavy (non-hydrogen) atoms. The van der Waals surface area contributed by atoms with Crippen LogP contribution in [-0.4, -0.2) is 54.7 Å². The molecular weight excluding hydrogens is 353 g/mol. The topological polar surface area (TPSA) is 87.7 Å². The van der Waals surface area contributed by atoms with Crippen molar-refractivity contribution in [3.8, 4) is 0 Å². The zero-order chi connectivity index (χ0) is 19.9. The van der Waals surface area contributed by atoms with Gasteiger partial charge in [0.15, 0.2) is 0 Å². The van der Waals surface area contributed by atoms with Gasteiger partial charge in [-0.3, -0.25) is 4.79 Å². The Hall–Kier alpha value is -1.62. The SMILES string of the molecule is C=C[C@H]1CCN(C(=O)[C@@H](NC(=O)NPCCC)C(C)(C)C)[C@@H]1C(=O)OC. The summed E-state index contributed by atoms with van der Waals surface area (Å²) in [7, 11) is 1.62. The molecule has 1 fully saturated rings. The minimum Gasteiger partial charge on any atom is -0.467 e. The Morgan fingerprint density at radius 3 is 2.54 bits per heavy atom. The molecule has 0 radical (unpaired) electrons. The van der Waals surface area contributed by atoms with E-state index in [9.17, 15) is 14.4 Å². The van der Waals surface area contributed by atoms with Gasteiger partial charge in [-0.15, -0.1) is 6.58 Å². The normalized spacial score (nSPS) is 21.5. The van der Waals surface area contributed by atoms with Crippen molar-refractivity contribution in [1.29, 1.82) is 0 Å². The van der Waals surface area contributed by atoms with Crippen molar-refractivity contribution in [1.82, 2.24) is 15.3 Å². The standard InChI is InChI=1S/C18H32N3O4P/c1-7-11-26-20-17(24)19-14(18(3,4)5)15(22)21-10-9-12(8-2)13(21)16(23)25-6/h8,12-14,26H,2,7,9-11H2,1,3-6H3,(H2,19,20,24)/t12-,13-,14+/m0/s1. The maximum absolute atomic E-state index is 13.2. The average Bonchev–Trinajstić information content (AvgIpc) is 3.01. The van der Waals surface area contributed by atoms with Gasteiger partial charge < -0.3 is 20.0 Å². The van der Waals surface area contributed by atoms with Crippen molar-refractivity contribution in [2.24, 2.45) is 11.3 Å². The number of amides is 3. The number of urea groups is 1. The Bertz CT molecular complexity index is 533. The van der Waals surface area contributed by atoms with E-state index >= 15 is 0 Å². The van der Waals surface area contributed by atoms with E-state index in [1.165, 1.54) is 12.0 Å². The molecule has 3 amide bonds. The number of nitrogens with zero attached hydrogens (tertiary/aromatic N) is 1. The van der Waals surface area contributed by atoms with Crippen LogP contribution in [0.3, 0.4) is 0 Å². The third-order valence-electron chi connectivity index (χ3n) is 4.44. The minimum atomic E-state index is -0.746. The van der Waals surface area contributed by atoms with Crippen LogP contribution < -0.4 is 10.4 Å². The third-order valence-corrected chi connectivity index (χ3v) is 5.59. The molecule has 1 aliphatic heterocycles. The van der Waals surface area contributed by atoms with Gasteiger partial charge >= 0.3 is 12.0 Å². The van der Waals surface area contributed by atoms with Crippen LogP contribution in [0.4, 0.5) is 4.79 Å². The molecule has 1 saturated heterocycles. The Balaban J connectivity index is 2.96. The highest BCUT2D eigenvalue weighted by Gasteiger charge is 2.45. The lowest BCUT2D eigenvalue weighted by atomic mass is 9.85. The number of rotatable bonds is 7. The first-order chi connectivity index (χ1) is 12.2. The van der Waals surface area contributed by atoms with Gasteiger partial charge in [0.05, 0.1) is 7.11 Å². The monoisotopic (exact) mass is 385 g/mol. The second kappa shape index (κ2) is 9.91. The number of ether oxygens (including phenoxy) is 1. The van der Waals surface area contributed by atoms with E-state index in [4.69, 9.17) is 4.74 Å². The van der Waals surface area contributed by atoms with Crippen LogP contribution in [0, 0.1) is 11.3 Å². The third kappa shape index (κ3) is 5.70. The van der Waals surface area contributed by atoms with E-state index in [-0.39, 0.29) is 17.9 Å². The molecule has 7 nitrogen and oxygen atoms in total. The summed E-state index contributed by atoms with van der Waals surface area (Å²) in [5.41, 5.74) is -0.505. The number of methoxy groups -OCH3 is 1. The molecule has 148 valence electrons. The predicted molar refractivity (Wildman–Crippen MR) is 104 cm³/mol. The highest BCUT2D eigenvalue weighted by atomic mass is 31.1. The summed E-state index contributed by atoms with van der Waals surface area (Å²) in [5, 5.41) is 5.59. The van der Waals surface area contributed by atoms with Crippen LogP contribution in [0.1, 0.15) is 40.5 Å². The van der Waals surface area contributed by atoms with Crippen LogP contribution in [0.5, 0.6) is 0 Å². The molecular formula is C18H32N3O4P. The molecule has 0 saturated carbocycles. The first-order valence-electron chi connectivity index (χ1n) is 8.97. The number of esters is 1. The van der Waals surface area contributed by atoms with Crippen molar-refractivity contribution >= 4 is 26.6 Å². The molecule has 1 unspecified atom stereocenters. The number of hydrogen-bond acceptors (Lipinski definition) is 4. The van der Waals surface area contributed by atoms with Crippen LogP contribution in [0.15, 0.2) is 12.7 Å². The van der Waals surface area contributed by atoms with E-state index in [1.807, 2.05) is 27.7 Å². The Morgan fingerprint density at radius 2 is 2.04 bits per heavy atom. The highest BCUT2D eigenvalue weighted by molar-refractivity contribution is 7.36. The summed E-state index contributed by atoms with van der Waals surface area (Å²) in [5.74, 6) is -0.875. The summed E-state index contributed by atoms with van der Waals surface area (Å²) in [6, 6.07) is -1.80. The molecule has 0 aromatic carbocycles. The summed E-state index contributed by atoms with van der Waals surface area (Å²) in [6.45, 7) is 11.9. The average molecular weight is 385 g/mol. The number of likely N-dealkylation sites (tertiary alicyclic amines) is 1. The van der Waals surface area contributed by atoms with Crippen LogP contribution in [-0.2, 0) is 14.3 Å². The fourth-order valence-electron chi connectivity index (χ4n) is 2.98. The van der Waals surface area contributed by atoms with Crippen molar-refractivity contribution in [3.63, 3.8) is 0 Å². The molecule has 0 spiro atoms. The van der Waals surface area contributed by atoms with Gasteiger partial charge in [-0.05, 0) is 26.7 Å². The molecule has 0 aromatic rings. The van der Waals surface area contributed by atoms with Crippen molar-refractivity contribution in [2.75, 3.05) is 19.8 Å². The second-order valence-corrected chi connectivity index (χ2v) is 8.62. The number of nitrogens with one attached hydrogen (secondary N) is 2.